The minimum absolute atomic E-state index is 0.00393. The highest BCUT2D eigenvalue weighted by molar-refractivity contribution is 6.07. The predicted molar refractivity (Wildman–Crippen MR) is 102 cm³/mol. The fraction of sp³-hybridized carbons (Fsp3) is 0.429. The van der Waals surface area contributed by atoms with Crippen LogP contribution >= 0.6 is 0 Å². The van der Waals surface area contributed by atoms with E-state index in [1.807, 2.05) is 54.3 Å². The molecule has 2 aromatic rings. The number of nitrogens with one attached hydrogen (secondary N) is 1. The van der Waals surface area contributed by atoms with Gasteiger partial charge in [0.2, 0.25) is 5.91 Å². The molecule has 1 saturated heterocycles. The summed E-state index contributed by atoms with van der Waals surface area (Å²) in [6, 6.07) is 13.7. The second-order valence-corrected chi connectivity index (χ2v) is 6.98. The first-order valence-electron chi connectivity index (χ1n) is 9.16. The van der Waals surface area contributed by atoms with Gasteiger partial charge in [0.15, 0.2) is 0 Å². The SMILES string of the molecule is COCC(C)NC(=O)C1CCCN(C(=O)c2cccc3ccccc23)C1. The molecule has 1 aliphatic heterocycles. The summed E-state index contributed by atoms with van der Waals surface area (Å²) in [5, 5.41) is 4.99. The number of hydrogen-bond acceptors (Lipinski definition) is 3. The third kappa shape index (κ3) is 4.05. The second-order valence-electron chi connectivity index (χ2n) is 6.98. The Kier molecular flexibility index (Phi) is 5.89. The summed E-state index contributed by atoms with van der Waals surface area (Å²) >= 11 is 0. The number of fused-ring (bicyclic) bond motifs is 1. The molecule has 5 nitrogen and oxygen atoms in total. The van der Waals surface area contributed by atoms with Crippen LogP contribution in [0.3, 0.4) is 0 Å². The lowest BCUT2D eigenvalue weighted by atomic mass is 9.95. The Morgan fingerprint density at radius 2 is 2.00 bits per heavy atom. The molecule has 1 heterocycles. The van der Waals surface area contributed by atoms with Gasteiger partial charge < -0.3 is 15.0 Å². The Morgan fingerprint density at radius 1 is 1.23 bits per heavy atom. The molecule has 0 radical (unpaired) electrons. The molecule has 0 aromatic heterocycles. The molecule has 0 spiro atoms. The summed E-state index contributed by atoms with van der Waals surface area (Å²) in [6.45, 7) is 3.56. The van der Waals surface area contributed by atoms with Gasteiger partial charge in [0.25, 0.3) is 5.91 Å². The van der Waals surface area contributed by atoms with Gasteiger partial charge in [-0.1, -0.05) is 36.4 Å². The topological polar surface area (TPSA) is 58.6 Å². The Balaban J connectivity index is 1.72. The van der Waals surface area contributed by atoms with E-state index in [9.17, 15) is 9.59 Å². The standard InChI is InChI=1S/C21H26N2O3/c1-15(14-26-2)22-20(24)17-9-6-12-23(13-17)21(25)19-11-5-8-16-7-3-4-10-18(16)19/h3-5,7-8,10-11,15,17H,6,9,12-14H2,1-2H3,(H,22,24). The van der Waals surface area contributed by atoms with Crippen molar-refractivity contribution >= 4 is 22.6 Å². The molecule has 5 heteroatoms. The maximum Gasteiger partial charge on any atom is 0.254 e. The zero-order valence-electron chi connectivity index (χ0n) is 15.4. The number of nitrogens with zero attached hydrogens (tertiary/aromatic N) is 1. The number of amides is 2. The van der Waals surface area contributed by atoms with Crippen LogP contribution in [-0.2, 0) is 9.53 Å². The zero-order valence-corrected chi connectivity index (χ0v) is 15.4. The molecule has 2 aromatic carbocycles. The fourth-order valence-electron chi connectivity index (χ4n) is 3.61. The average Bonchev–Trinajstić information content (AvgIpc) is 2.67. The highest BCUT2D eigenvalue weighted by Crippen LogP contribution is 2.23. The van der Waals surface area contributed by atoms with Crippen LogP contribution in [-0.4, -0.2) is 49.6 Å². The summed E-state index contributed by atoms with van der Waals surface area (Å²) in [4.78, 5) is 27.4. The van der Waals surface area contributed by atoms with E-state index in [0.717, 1.165) is 23.6 Å². The first-order valence-corrected chi connectivity index (χ1v) is 9.16. The normalized spacial score (nSPS) is 18.5. The third-order valence-corrected chi connectivity index (χ3v) is 4.90. The van der Waals surface area contributed by atoms with Gasteiger partial charge in [-0.2, -0.15) is 0 Å². The summed E-state index contributed by atoms with van der Waals surface area (Å²) < 4.78 is 5.07. The lowest BCUT2D eigenvalue weighted by Gasteiger charge is -2.33. The van der Waals surface area contributed by atoms with E-state index in [4.69, 9.17) is 4.74 Å². The van der Waals surface area contributed by atoms with E-state index in [2.05, 4.69) is 5.32 Å². The largest absolute Gasteiger partial charge is 0.383 e. The van der Waals surface area contributed by atoms with Gasteiger partial charge in [0, 0.05) is 31.8 Å². The monoisotopic (exact) mass is 354 g/mol. The fourth-order valence-corrected chi connectivity index (χ4v) is 3.61. The van der Waals surface area contributed by atoms with E-state index < -0.39 is 0 Å². The minimum atomic E-state index is -0.165. The molecule has 26 heavy (non-hydrogen) atoms. The molecule has 0 bridgehead atoms. The molecule has 3 rings (SSSR count). The number of ether oxygens (including phenoxy) is 1. The number of carbonyl (C=O) groups excluding carboxylic acids is 2. The maximum atomic E-state index is 13.1. The predicted octanol–water partition coefficient (Wildman–Crippen LogP) is 2.84. The van der Waals surface area contributed by atoms with Gasteiger partial charge in [-0.05, 0) is 36.6 Å². The highest BCUT2D eigenvalue weighted by Gasteiger charge is 2.29. The van der Waals surface area contributed by atoms with Gasteiger partial charge in [0.1, 0.15) is 0 Å². The highest BCUT2D eigenvalue weighted by atomic mass is 16.5. The van der Waals surface area contributed by atoms with Crippen molar-refractivity contribution in [3.8, 4) is 0 Å². The van der Waals surface area contributed by atoms with Crippen LogP contribution in [0.15, 0.2) is 42.5 Å². The smallest absolute Gasteiger partial charge is 0.254 e. The summed E-state index contributed by atoms with van der Waals surface area (Å²) in [7, 11) is 1.62. The molecule has 2 atom stereocenters. The third-order valence-electron chi connectivity index (χ3n) is 4.90. The van der Waals surface area contributed by atoms with E-state index in [1.165, 1.54) is 0 Å². The van der Waals surface area contributed by atoms with E-state index in [-0.39, 0.29) is 23.8 Å². The lowest BCUT2D eigenvalue weighted by Crippen LogP contribution is -2.47. The number of rotatable bonds is 5. The molecule has 1 fully saturated rings. The molecule has 1 aliphatic rings. The van der Waals surface area contributed by atoms with Crippen molar-refractivity contribution in [2.24, 2.45) is 5.92 Å². The maximum absolute atomic E-state index is 13.1. The Morgan fingerprint density at radius 3 is 2.81 bits per heavy atom. The molecular weight excluding hydrogens is 328 g/mol. The number of methoxy groups -OCH3 is 1. The Bertz CT molecular complexity index is 784. The number of hydrogen-bond donors (Lipinski definition) is 1. The van der Waals surface area contributed by atoms with Crippen molar-refractivity contribution in [3.05, 3.63) is 48.0 Å². The van der Waals surface area contributed by atoms with Crippen molar-refractivity contribution in [1.29, 1.82) is 0 Å². The molecule has 1 N–H and O–H groups in total. The summed E-state index contributed by atoms with van der Waals surface area (Å²) in [6.07, 6.45) is 1.65. The van der Waals surface area contributed by atoms with Crippen LogP contribution in [0, 0.1) is 5.92 Å². The number of piperidine rings is 1. The van der Waals surface area contributed by atoms with E-state index >= 15 is 0 Å². The molecule has 2 amide bonds. The molecule has 0 saturated carbocycles. The summed E-state index contributed by atoms with van der Waals surface area (Å²) in [5.74, 6) is -0.156. The van der Waals surface area contributed by atoms with E-state index in [0.29, 0.717) is 25.3 Å². The Hall–Kier alpha value is -2.40. The minimum Gasteiger partial charge on any atom is -0.383 e. The van der Waals surface area contributed by atoms with Gasteiger partial charge in [-0.25, -0.2) is 0 Å². The van der Waals surface area contributed by atoms with Crippen LogP contribution in [0.5, 0.6) is 0 Å². The van der Waals surface area contributed by atoms with Gasteiger partial charge in [-0.3, -0.25) is 9.59 Å². The second kappa shape index (κ2) is 8.32. The molecular formula is C21H26N2O3. The number of likely N-dealkylation sites (tertiary alicyclic amines) is 1. The van der Waals surface area contributed by atoms with E-state index in [1.54, 1.807) is 7.11 Å². The van der Waals surface area contributed by atoms with Crippen molar-refractivity contribution in [1.82, 2.24) is 10.2 Å². The zero-order chi connectivity index (χ0) is 18.5. The van der Waals surface area contributed by atoms with Gasteiger partial charge in [0.05, 0.1) is 12.5 Å². The van der Waals surface area contributed by atoms with Crippen LogP contribution in [0.1, 0.15) is 30.1 Å². The van der Waals surface area contributed by atoms with Crippen molar-refractivity contribution in [3.63, 3.8) is 0 Å². The van der Waals surface area contributed by atoms with Crippen LogP contribution in [0.4, 0.5) is 0 Å². The van der Waals surface area contributed by atoms with Crippen molar-refractivity contribution in [2.45, 2.75) is 25.8 Å². The molecule has 138 valence electrons. The van der Waals surface area contributed by atoms with Gasteiger partial charge in [-0.15, -0.1) is 0 Å². The van der Waals surface area contributed by atoms with Crippen LogP contribution < -0.4 is 5.32 Å². The first kappa shape index (κ1) is 18.4. The number of carbonyl (C=O) groups is 2. The van der Waals surface area contributed by atoms with Crippen LogP contribution in [0.2, 0.25) is 0 Å². The lowest BCUT2D eigenvalue weighted by molar-refractivity contribution is -0.127. The van der Waals surface area contributed by atoms with Gasteiger partial charge >= 0.3 is 0 Å². The van der Waals surface area contributed by atoms with Crippen molar-refractivity contribution < 1.29 is 14.3 Å². The van der Waals surface area contributed by atoms with Crippen molar-refractivity contribution in [2.75, 3.05) is 26.8 Å². The number of benzene rings is 2. The molecule has 2 unspecified atom stereocenters. The Labute approximate surface area is 154 Å². The summed E-state index contributed by atoms with van der Waals surface area (Å²) in [5.41, 5.74) is 0.705. The van der Waals surface area contributed by atoms with Crippen LogP contribution in [0.25, 0.3) is 10.8 Å². The molecule has 0 aliphatic carbocycles. The average molecular weight is 354 g/mol. The quantitative estimate of drug-likeness (QED) is 0.898. The first-order chi connectivity index (χ1) is 12.6.